The van der Waals surface area contributed by atoms with E-state index >= 15 is 0 Å². The van der Waals surface area contributed by atoms with E-state index in [4.69, 9.17) is 4.52 Å². The molecule has 2 aromatic rings. The van der Waals surface area contributed by atoms with E-state index in [0.29, 0.717) is 25.3 Å². The van der Waals surface area contributed by atoms with Crippen molar-refractivity contribution in [1.29, 1.82) is 0 Å². The summed E-state index contributed by atoms with van der Waals surface area (Å²) in [5.74, 6) is 0.901. The van der Waals surface area contributed by atoms with Crippen molar-refractivity contribution in [2.45, 2.75) is 62.4 Å². The zero-order valence-corrected chi connectivity index (χ0v) is 21.1. The molecule has 0 unspecified atom stereocenters. The van der Waals surface area contributed by atoms with Crippen LogP contribution in [0.3, 0.4) is 0 Å². The van der Waals surface area contributed by atoms with Gasteiger partial charge in [0.25, 0.3) is 5.91 Å². The Morgan fingerprint density at radius 2 is 1.84 bits per heavy atom. The van der Waals surface area contributed by atoms with Gasteiger partial charge in [0.05, 0.1) is 4.90 Å². The number of benzene rings is 1. The molecule has 4 rings (SSSR count). The minimum absolute atomic E-state index is 0. The molecule has 1 amide bonds. The first-order valence-electron chi connectivity index (χ1n) is 10.3. The molecule has 0 radical (unpaired) electrons. The standard InChI is InChI=1S/C22H27N3O4S.2H2S/c1-14(2)16-6-8-19(9-7-16)30(27,28)25-11-10-18(12-15(25)3)23-22(26)20-13-21(29-24-20)17-4-5-17;;/h6-9,13,15,17-18H,1,4-5,10-12H2,2-3H3,(H,23,26);2*1H2/t15-,18-;;/m0../s1. The second-order valence-corrected chi connectivity index (χ2v) is 10.2. The van der Waals surface area contributed by atoms with E-state index in [0.717, 1.165) is 29.7 Å². The van der Waals surface area contributed by atoms with Crippen LogP contribution in [0.1, 0.15) is 67.3 Å². The lowest BCUT2D eigenvalue weighted by Crippen LogP contribution is -2.50. The maximum atomic E-state index is 13.1. The molecular formula is C22H31N3O4S3. The van der Waals surface area contributed by atoms with Crippen LogP contribution in [0.5, 0.6) is 0 Å². The summed E-state index contributed by atoms with van der Waals surface area (Å²) in [5, 5.41) is 6.85. The van der Waals surface area contributed by atoms with Gasteiger partial charge < -0.3 is 9.84 Å². The van der Waals surface area contributed by atoms with Crippen molar-refractivity contribution in [2.24, 2.45) is 0 Å². The van der Waals surface area contributed by atoms with Crippen LogP contribution in [0.4, 0.5) is 0 Å². The van der Waals surface area contributed by atoms with Crippen molar-refractivity contribution >= 4 is 48.5 Å². The zero-order valence-electron chi connectivity index (χ0n) is 18.3. The number of nitrogens with zero attached hydrogens (tertiary/aromatic N) is 2. The summed E-state index contributed by atoms with van der Waals surface area (Å²) in [6.07, 6.45) is 3.25. The van der Waals surface area contributed by atoms with Gasteiger partial charge in [0, 0.05) is 30.6 Å². The van der Waals surface area contributed by atoms with Crippen molar-refractivity contribution in [3.63, 3.8) is 0 Å². The van der Waals surface area contributed by atoms with Crippen molar-refractivity contribution in [2.75, 3.05) is 6.54 Å². The van der Waals surface area contributed by atoms with Crippen molar-refractivity contribution in [3.05, 3.63) is 53.9 Å². The van der Waals surface area contributed by atoms with Gasteiger partial charge in [0.1, 0.15) is 5.76 Å². The van der Waals surface area contributed by atoms with E-state index in [1.165, 1.54) is 4.31 Å². The van der Waals surface area contributed by atoms with Crippen LogP contribution < -0.4 is 5.32 Å². The van der Waals surface area contributed by atoms with E-state index in [2.05, 4.69) is 17.1 Å². The number of carbonyl (C=O) groups is 1. The Kier molecular flexibility index (Phi) is 8.66. The minimum Gasteiger partial charge on any atom is -0.360 e. The molecule has 1 aliphatic carbocycles. The lowest BCUT2D eigenvalue weighted by atomic mass is 10.0. The summed E-state index contributed by atoms with van der Waals surface area (Å²) < 4.78 is 33.0. The van der Waals surface area contributed by atoms with Gasteiger partial charge in [-0.2, -0.15) is 31.3 Å². The second kappa shape index (κ2) is 10.5. The molecule has 2 fully saturated rings. The molecule has 1 saturated heterocycles. The van der Waals surface area contributed by atoms with E-state index in [-0.39, 0.29) is 55.6 Å². The molecule has 10 heteroatoms. The molecule has 1 N–H and O–H groups in total. The average Bonchev–Trinajstić information content (AvgIpc) is 3.44. The highest BCUT2D eigenvalue weighted by Crippen LogP contribution is 2.40. The average molecular weight is 498 g/mol. The van der Waals surface area contributed by atoms with E-state index in [9.17, 15) is 13.2 Å². The largest absolute Gasteiger partial charge is 0.360 e. The maximum absolute atomic E-state index is 13.1. The Morgan fingerprint density at radius 3 is 2.41 bits per heavy atom. The third-order valence-electron chi connectivity index (χ3n) is 5.84. The Labute approximate surface area is 203 Å². The van der Waals surface area contributed by atoms with E-state index in [1.54, 1.807) is 30.3 Å². The fourth-order valence-electron chi connectivity index (χ4n) is 3.90. The molecule has 1 aliphatic heterocycles. The van der Waals surface area contributed by atoms with Crippen LogP contribution in [0.2, 0.25) is 0 Å². The third-order valence-corrected chi connectivity index (χ3v) is 7.87. The van der Waals surface area contributed by atoms with Crippen LogP contribution in [0.25, 0.3) is 5.57 Å². The second-order valence-electron chi connectivity index (χ2n) is 8.35. The number of amides is 1. The first-order chi connectivity index (χ1) is 14.3. The minimum atomic E-state index is -3.59. The molecule has 7 nitrogen and oxygen atoms in total. The van der Waals surface area contributed by atoms with Crippen molar-refractivity contribution in [3.8, 4) is 0 Å². The quantitative estimate of drug-likeness (QED) is 0.656. The first-order valence-corrected chi connectivity index (χ1v) is 11.7. The number of allylic oxidation sites excluding steroid dienone is 1. The number of rotatable bonds is 6. The van der Waals surface area contributed by atoms with E-state index < -0.39 is 10.0 Å². The number of aromatic nitrogens is 1. The third kappa shape index (κ3) is 5.59. The van der Waals surface area contributed by atoms with E-state index in [1.807, 2.05) is 13.8 Å². The summed E-state index contributed by atoms with van der Waals surface area (Å²) >= 11 is 0. The van der Waals surface area contributed by atoms with Gasteiger partial charge in [-0.1, -0.05) is 29.4 Å². The van der Waals surface area contributed by atoms with Crippen LogP contribution in [0.15, 0.2) is 46.3 Å². The molecule has 2 heterocycles. The molecule has 176 valence electrons. The summed E-state index contributed by atoms with van der Waals surface area (Å²) in [6.45, 7) is 7.99. The van der Waals surface area contributed by atoms with Crippen molar-refractivity contribution < 1.29 is 17.7 Å². The summed E-state index contributed by atoms with van der Waals surface area (Å²) in [5.41, 5.74) is 2.10. The summed E-state index contributed by atoms with van der Waals surface area (Å²) in [4.78, 5) is 12.8. The van der Waals surface area contributed by atoms with Crippen LogP contribution >= 0.6 is 27.0 Å². The fourth-order valence-corrected chi connectivity index (χ4v) is 5.56. The van der Waals surface area contributed by atoms with Gasteiger partial charge >= 0.3 is 0 Å². The van der Waals surface area contributed by atoms with Crippen LogP contribution in [-0.2, 0) is 10.0 Å². The molecule has 2 aliphatic rings. The fraction of sp³-hybridized carbons (Fsp3) is 0.455. The Morgan fingerprint density at radius 1 is 1.19 bits per heavy atom. The molecule has 0 bridgehead atoms. The number of sulfonamides is 1. The maximum Gasteiger partial charge on any atom is 0.273 e. The molecular weight excluding hydrogens is 466 g/mol. The highest BCUT2D eigenvalue weighted by molar-refractivity contribution is 7.89. The lowest BCUT2D eigenvalue weighted by molar-refractivity contribution is 0.0905. The highest BCUT2D eigenvalue weighted by Gasteiger charge is 2.35. The molecule has 32 heavy (non-hydrogen) atoms. The number of carbonyl (C=O) groups excluding carboxylic acids is 1. The first kappa shape index (κ1) is 26.5. The summed E-state index contributed by atoms with van der Waals surface area (Å²) in [7, 11) is -3.59. The zero-order chi connectivity index (χ0) is 21.5. The number of nitrogens with one attached hydrogen (secondary N) is 1. The number of piperidine rings is 1. The molecule has 1 aromatic heterocycles. The van der Waals surface area contributed by atoms with Crippen molar-refractivity contribution in [1.82, 2.24) is 14.8 Å². The molecule has 2 atom stereocenters. The van der Waals surface area contributed by atoms with Gasteiger partial charge in [-0.15, -0.1) is 0 Å². The lowest BCUT2D eigenvalue weighted by Gasteiger charge is -2.36. The Hall–Kier alpha value is -1.75. The monoisotopic (exact) mass is 497 g/mol. The Balaban J connectivity index is 0.00000181. The SMILES string of the molecule is C=C(C)c1ccc(S(=O)(=O)N2CC[C@H](NC(=O)c3cc(C4CC4)on3)C[C@@H]2C)cc1.S.S. The predicted octanol–water partition coefficient (Wildman–Crippen LogP) is 3.78. The number of hydrogen-bond acceptors (Lipinski definition) is 5. The van der Waals surface area contributed by atoms with Crippen LogP contribution in [0, 0.1) is 0 Å². The molecule has 0 spiro atoms. The van der Waals surface area contributed by atoms with Gasteiger partial charge in [-0.05, 0) is 57.2 Å². The van der Waals surface area contributed by atoms with Gasteiger partial charge in [0.15, 0.2) is 5.69 Å². The van der Waals surface area contributed by atoms with Crippen LogP contribution in [-0.4, -0.2) is 42.4 Å². The smallest absolute Gasteiger partial charge is 0.273 e. The van der Waals surface area contributed by atoms with Gasteiger partial charge in [-0.25, -0.2) is 8.42 Å². The topological polar surface area (TPSA) is 92.5 Å². The molecule has 1 saturated carbocycles. The summed E-state index contributed by atoms with van der Waals surface area (Å²) in [6, 6.07) is 8.19. The van der Waals surface area contributed by atoms with Gasteiger partial charge in [0.2, 0.25) is 10.0 Å². The number of hydrogen-bond donors (Lipinski definition) is 1. The molecule has 1 aromatic carbocycles. The normalized spacial score (nSPS) is 21.2. The van der Waals surface area contributed by atoms with Gasteiger partial charge in [-0.3, -0.25) is 4.79 Å². The Bertz CT molecular complexity index is 1060. The predicted molar refractivity (Wildman–Crippen MR) is 134 cm³/mol. The highest BCUT2D eigenvalue weighted by atomic mass is 32.2.